The third-order valence-electron chi connectivity index (χ3n) is 5.70. The first-order valence-electron chi connectivity index (χ1n) is 9.68. The van der Waals surface area contributed by atoms with E-state index in [0.29, 0.717) is 6.42 Å². The zero-order chi connectivity index (χ0) is 20.6. The van der Waals surface area contributed by atoms with Crippen molar-refractivity contribution < 1.29 is 18.8 Å². The van der Waals surface area contributed by atoms with Gasteiger partial charge < -0.3 is 10.6 Å². The molecule has 1 heterocycles. The molecule has 0 saturated carbocycles. The Hall–Kier alpha value is -3.22. The van der Waals surface area contributed by atoms with Crippen LogP contribution in [0.3, 0.4) is 0 Å². The lowest BCUT2D eigenvalue weighted by Gasteiger charge is -2.33. The van der Waals surface area contributed by atoms with Gasteiger partial charge in [-0.15, -0.1) is 0 Å². The van der Waals surface area contributed by atoms with Gasteiger partial charge in [0.25, 0.3) is 5.91 Å². The Morgan fingerprint density at radius 2 is 1.93 bits per heavy atom. The SMILES string of the molecule is C[C@@H](NC(=O)CN1C(=O)N[C@]2(CCCc3ccccc32)C1=O)c1ccc(F)cc1. The Kier molecular flexibility index (Phi) is 4.82. The minimum atomic E-state index is -1.09. The summed E-state index contributed by atoms with van der Waals surface area (Å²) in [5.74, 6) is -1.20. The molecule has 0 aromatic heterocycles. The van der Waals surface area contributed by atoms with E-state index in [0.717, 1.165) is 34.4 Å². The standard InChI is InChI=1S/C22H22FN3O3/c1-14(15-8-10-17(23)11-9-15)24-19(27)13-26-20(28)22(25-21(26)29)12-4-6-16-5-2-3-7-18(16)22/h2-3,5,7-11,14H,4,6,12-13H2,1H3,(H,24,27)(H,25,29)/t14-,22+/m1/s1. The maximum absolute atomic E-state index is 13.2. The van der Waals surface area contributed by atoms with E-state index in [2.05, 4.69) is 10.6 Å². The van der Waals surface area contributed by atoms with Crippen LogP contribution in [-0.4, -0.2) is 29.3 Å². The number of urea groups is 1. The molecule has 0 unspecified atom stereocenters. The molecule has 1 fully saturated rings. The van der Waals surface area contributed by atoms with Gasteiger partial charge in [-0.05, 0) is 55.0 Å². The lowest BCUT2D eigenvalue weighted by Crippen LogP contribution is -2.47. The number of rotatable bonds is 4. The van der Waals surface area contributed by atoms with Crippen molar-refractivity contribution in [2.45, 2.75) is 37.8 Å². The number of imide groups is 1. The number of hydrogen-bond acceptors (Lipinski definition) is 3. The van der Waals surface area contributed by atoms with E-state index in [1.807, 2.05) is 24.3 Å². The number of hydrogen-bond donors (Lipinski definition) is 2. The molecule has 6 nitrogen and oxygen atoms in total. The van der Waals surface area contributed by atoms with Crippen LogP contribution in [0.25, 0.3) is 0 Å². The summed E-state index contributed by atoms with van der Waals surface area (Å²) >= 11 is 0. The van der Waals surface area contributed by atoms with Gasteiger partial charge in [-0.25, -0.2) is 9.18 Å². The molecule has 1 aliphatic carbocycles. The number of nitrogens with zero attached hydrogens (tertiary/aromatic N) is 1. The molecular weight excluding hydrogens is 373 g/mol. The molecule has 1 aliphatic heterocycles. The minimum Gasteiger partial charge on any atom is -0.348 e. The fourth-order valence-electron chi connectivity index (χ4n) is 4.22. The predicted molar refractivity (Wildman–Crippen MR) is 104 cm³/mol. The normalized spacial score (nSPS) is 21.7. The second-order valence-electron chi connectivity index (χ2n) is 7.58. The number of carbonyl (C=O) groups is 3. The van der Waals surface area contributed by atoms with Crippen molar-refractivity contribution in [2.24, 2.45) is 0 Å². The monoisotopic (exact) mass is 395 g/mol. The van der Waals surface area contributed by atoms with E-state index in [1.54, 1.807) is 19.1 Å². The van der Waals surface area contributed by atoms with Crippen molar-refractivity contribution in [3.8, 4) is 0 Å². The molecule has 4 rings (SSSR count). The summed E-state index contributed by atoms with van der Waals surface area (Å²) in [4.78, 5) is 39.3. The molecule has 2 aromatic carbocycles. The summed E-state index contributed by atoms with van der Waals surface area (Å²) in [5.41, 5.74) is 1.50. The Morgan fingerprint density at radius 1 is 1.21 bits per heavy atom. The Bertz CT molecular complexity index is 976. The van der Waals surface area contributed by atoms with Gasteiger partial charge in [0, 0.05) is 0 Å². The molecule has 2 aliphatic rings. The smallest absolute Gasteiger partial charge is 0.325 e. The molecule has 1 spiro atoms. The van der Waals surface area contributed by atoms with Gasteiger partial charge in [0.1, 0.15) is 17.9 Å². The molecule has 0 bridgehead atoms. The lowest BCUT2D eigenvalue weighted by atomic mass is 9.76. The van der Waals surface area contributed by atoms with Crippen molar-refractivity contribution in [3.63, 3.8) is 0 Å². The van der Waals surface area contributed by atoms with Crippen LogP contribution in [0.1, 0.15) is 42.5 Å². The van der Waals surface area contributed by atoms with Crippen molar-refractivity contribution in [2.75, 3.05) is 6.54 Å². The predicted octanol–water partition coefficient (Wildman–Crippen LogP) is 2.79. The third-order valence-corrected chi connectivity index (χ3v) is 5.70. The van der Waals surface area contributed by atoms with Crippen LogP contribution >= 0.6 is 0 Å². The summed E-state index contributed by atoms with van der Waals surface area (Å²) in [6, 6.07) is 12.5. The van der Waals surface area contributed by atoms with Crippen molar-refractivity contribution in [3.05, 3.63) is 71.0 Å². The van der Waals surface area contributed by atoms with Crippen LogP contribution < -0.4 is 10.6 Å². The highest BCUT2D eigenvalue weighted by molar-refractivity contribution is 6.09. The van der Waals surface area contributed by atoms with Crippen molar-refractivity contribution in [1.82, 2.24) is 15.5 Å². The van der Waals surface area contributed by atoms with Crippen molar-refractivity contribution in [1.29, 1.82) is 0 Å². The topological polar surface area (TPSA) is 78.5 Å². The highest BCUT2D eigenvalue weighted by Gasteiger charge is 2.54. The first-order valence-corrected chi connectivity index (χ1v) is 9.68. The number of amides is 4. The summed E-state index contributed by atoms with van der Waals surface area (Å²) in [6.07, 6.45) is 2.15. The maximum Gasteiger partial charge on any atom is 0.325 e. The van der Waals surface area contributed by atoms with Crippen LogP contribution in [0.15, 0.2) is 48.5 Å². The van der Waals surface area contributed by atoms with Gasteiger partial charge in [-0.2, -0.15) is 0 Å². The number of aryl methyl sites for hydroxylation is 1. The fourth-order valence-corrected chi connectivity index (χ4v) is 4.22. The Morgan fingerprint density at radius 3 is 2.69 bits per heavy atom. The van der Waals surface area contributed by atoms with E-state index >= 15 is 0 Å². The van der Waals surface area contributed by atoms with Crippen LogP contribution in [-0.2, 0) is 21.5 Å². The Balaban J connectivity index is 1.49. The van der Waals surface area contributed by atoms with Gasteiger partial charge in [-0.1, -0.05) is 36.4 Å². The molecule has 7 heteroatoms. The molecule has 150 valence electrons. The molecule has 2 aromatic rings. The molecule has 1 saturated heterocycles. The number of nitrogens with one attached hydrogen (secondary N) is 2. The molecule has 4 amide bonds. The summed E-state index contributed by atoms with van der Waals surface area (Å²) in [7, 11) is 0. The van der Waals surface area contributed by atoms with E-state index in [-0.39, 0.29) is 24.3 Å². The van der Waals surface area contributed by atoms with Crippen LogP contribution in [0.2, 0.25) is 0 Å². The van der Waals surface area contributed by atoms with Crippen LogP contribution in [0, 0.1) is 5.82 Å². The maximum atomic E-state index is 13.2. The van der Waals surface area contributed by atoms with Gasteiger partial charge in [0.15, 0.2) is 0 Å². The zero-order valence-corrected chi connectivity index (χ0v) is 16.1. The summed E-state index contributed by atoms with van der Waals surface area (Å²) in [6.45, 7) is 1.40. The quantitative estimate of drug-likeness (QED) is 0.782. The van der Waals surface area contributed by atoms with E-state index < -0.39 is 17.5 Å². The van der Waals surface area contributed by atoms with E-state index in [9.17, 15) is 18.8 Å². The second kappa shape index (κ2) is 7.31. The van der Waals surface area contributed by atoms with E-state index in [4.69, 9.17) is 0 Å². The molecule has 29 heavy (non-hydrogen) atoms. The largest absolute Gasteiger partial charge is 0.348 e. The lowest BCUT2D eigenvalue weighted by molar-refractivity contribution is -0.135. The van der Waals surface area contributed by atoms with E-state index in [1.165, 1.54) is 12.1 Å². The molecule has 2 atom stereocenters. The highest BCUT2D eigenvalue weighted by atomic mass is 19.1. The minimum absolute atomic E-state index is 0.357. The fraction of sp³-hybridized carbons (Fsp3) is 0.318. The molecular formula is C22H22FN3O3. The molecule has 0 radical (unpaired) electrons. The zero-order valence-electron chi connectivity index (χ0n) is 16.1. The second-order valence-corrected chi connectivity index (χ2v) is 7.58. The third kappa shape index (κ3) is 3.37. The number of carbonyl (C=O) groups excluding carboxylic acids is 3. The van der Waals surface area contributed by atoms with Gasteiger partial charge in [-0.3, -0.25) is 14.5 Å². The summed E-state index contributed by atoms with van der Waals surface area (Å²) in [5, 5.41) is 5.60. The average Bonchev–Trinajstić information content (AvgIpc) is 2.93. The van der Waals surface area contributed by atoms with Gasteiger partial charge in [0.05, 0.1) is 6.04 Å². The number of fused-ring (bicyclic) bond motifs is 2. The average molecular weight is 395 g/mol. The van der Waals surface area contributed by atoms with Gasteiger partial charge in [0.2, 0.25) is 5.91 Å². The van der Waals surface area contributed by atoms with Gasteiger partial charge >= 0.3 is 6.03 Å². The first kappa shape index (κ1) is 19.1. The Labute approximate surface area is 168 Å². The van der Waals surface area contributed by atoms with Crippen LogP contribution in [0.5, 0.6) is 0 Å². The highest BCUT2D eigenvalue weighted by Crippen LogP contribution is 2.39. The first-order chi connectivity index (χ1) is 13.9. The number of halogens is 1. The number of benzene rings is 2. The summed E-state index contributed by atoms with van der Waals surface area (Å²) < 4.78 is 13.1. The van der Waals surface area contributed by atoms with Crippen molar-refractivity contribution >= 4 is 17.8 Å². The van der Waals surface area contributed by atoms with Crippen LogP contribution in [0.4, 0.5) is 9.18 Å². The molecule has 2 N–H and O–H groups in total.